The molecule has 3 aromatic rings. The predicted octanol–water partition coefficient (Wildman–Crippen LogP) is 7.14. The second-order valence-corrected chi connectivity index (χ2v) is 10.1. The number of aromatic amines is 1. The molecule has 0 aliphatic rings. The molecule has 0 spiro atoms. The van der Waals surface area contributed by atoms with Crippen molar-refractivity contribution in [1.29, 1.82) is 0 Å². The van der Waals surface area contributed by atoms with Crippen molar-refractivity contribution in [3.8, 4) is 0 Å². The highest BCUT2D eigenvalue weighted by Gasteiger charge is 2.13. The van der Waals surface area contributed by atoms with Crippen LogP contribution in [-0.4, -0.2) is 36.1 Å². The number of H-pyrrole nitrogens is 1. The second kappa shape index (κ2) is 16.0. The van der Waals surface area contributed by atoms with Gasteiger partial charge in [0.15, 0.2) is 0 Å². The number of amides is 1. The van der Waals surface area contributed by atoms with Gasteiger partial charge in [-0.25, -0.2) is 9.78 Å². The van der Waals surface area contributed by atoms with E-state index in [0.29, 0.717) is 12.4 Å². The molecule has 0 fully saturated rings. The molecule has 36 heavy (non-hydrogen) atoms. The topological polar surface area (TPSA) is 121 Å². The Morgan fingerprint density at radius 1 is 0.917 bits per heavy atom. The number of para-hydroxylation sites is 2. The summed E-state index contributed by atoms with van der Waals surface area (Å²) in [5.41, 5.74) is 2.40. The fourth-order valence-corrected chi connectivity index (χ4v) is 4.68. The molecule has 3 N–H and O–H groups in total. The molecule has 0 atom stereocenters. The Morgan fingerprint density at radius 2 is 1.50 bits per heavy atom. The Labute approximate surface area is 214 Å². The molecule has 3 rings (SSSR count). The third-order valence-electron chi connectivity index (χ3n) is 5.85. The maximum atomic E-state index is 11.3. The van der Waals surface area contributed by atoms with E-state index in [0.717, 1.165) is 29.4 Å². The fourth-order valence-electron chi connectivity index (χ4n) is 3.92. The van der Waals surface area contributed by atoms with E-state index in [1.54, 1.807) is 12.1 Å². The molecule has 198 valence electrons. The lowest BCUT2D eigenvalue weighted by atomic mass is 10.0. The SMILES string of the molecule is CCCCCCCCCCCCc1ccccc1S(=O)(=O)O.COC(=O)Nc1nc2ccccc2[nH]1. The van der Waals surface area contributed by atoms with Gasteiger partial charge >= 0.3 is 6.09 Å². The number of rotatable bonds is 13. The van der Waals surface area contributed by atoms with E-state index < -0.39 is 16.2 Å². The highest BCUT2D eigenvalue weighted by atomic mass is 32.2. The van der Waals surface area contributed by atoms with E-state index >= 15 is 0 Å². The molecule has 0 aliphatic heterocycles. The quantitative estimate of drug-likeness (QED) is 0.164. The molecule has 1 aromatic heterocycles. The van der Waals surface area contributed by atoms with Gasteiger partial charge in [-0.3, -0.25) is 9.87 Å². The number of fused-ring (bicyclic) bond motifs is 1. The lowest BCUT2D eigenvalue weighted by molar-refractivity contribution is 0.186. The molecule has 0 aliphatic carbocycles. The van der Waals surface area contributed by atoms with Crippen LogP contribution >= 0.6 is 0 Å². The first-order valence-electron chi connectivity index (χ1n) is 12.7. The third-order valence-corrected chi connectivity index (χ3v) is 6.80. The number of carbonyl (C=O) groups excluding carboxylic acids is 1. The highest BCUT2D eigenvalue weighted by Crippen LogP contribution is 2.18. The van der Waals surface area contributed by atoms with Gasteiger partial charge in [-0.05, 0) is 36.6 Å². The average Bonchev–Trinajstić information content (AvgIpc) is 3.27. The number of nitrogens with one attached hydrogen (secondary N) is 2. The van der Waals surface area contributed by atoms with Crippen LogP contribution in [0.3, 0.4) is 0 Å². The van der Waals surface area contributed by atoms with Crippen LogP contribution in [0, 0.1) is 0 Å². The number of imidazole rings is 1. The van der Waals surface area contributed by atoms with Gasteiger partial charge in [0, 0.05) is 0 Å². The van der Waals surface area contributed by atoms with Gasteiger partial charge in [-0.2, -0.15) is 8.42 Å². The van der Waals surface area contributed by atoms with Crippen LogP contribution in [-0.2, 0) is 21.3 Å². The van der Waals surface area contributed by atoms with Crippen molar-refractivity contribution in [3.63, 3.8) is 0 Å². The summed E-state index contributed by atoms with van der Waals surface area (Å²) in [6, 6.07) is 14.2. The number of nitrogens with zero attached hydrogens (tertiary/aromatic N) is 1. The number of benzene rings is 2. The van der Waals surface area contributed by atoms with E-state index in [1.165, 1.54) is 64.5 Å². The number of anilines is 1. The van der Waals surface area contributed by atoms with Crippen LogP contribution < -0.4 is 5.32 Å². The molecule has 1 heterocycles. The molecular weight excluding hydrogens is 478 g/mol. The normalized spacial score (nSPS) is 11.1. The third kappa shape index (κ3) is 10.8. The second-order valence-electron chi connectivity index (χ2n) is 8.73. The van der Waals surface area contributed by atoms with Crippen molar-refractivity contribution in [1.82, 2.24) is 9.97 Å². The summed E-state index contributed by atoms with van der Waals surface area (Å²) in [7, 11) is -2.79. The van der Waals surface area contributed by atoms with Crippen LogP contribution in [0.25, 0.3) is 11.0 Å². The van der Waals surface area contributed by atoms with Crippen LogP contribution in [0.15, 0.2) is 53.4 Å². The van der Waals surface area contributed by atoms with Gasteiger partial charge in [0.2, 0.25) is 5.95 Å². The number of unbranched alkanes of at least 4 members (excludes halogenated alkanes) is 9. The summed E-state index contributed by atoms with van der Waals surface area (Å²) in [5, 5.41) is 2.45. The summed E-state index contributed by atoms with van der Waals surface area (Å²) in [6.45, 7) is 2.24. The van der Waals surface area contributed by atoms with Gasteiger partial charge in [-0.1, -0.05) is 95.0 Å². The zero-order valence-corrected chi connectivity index (χ0v) is 22.1. The van der Waals surface area contributed by atoms with Gasteiger partial charge in [-0.15, -0.1) is 0 Å². The minimum atomic E-state index is -4.10. The predicted molar refractivity (Wildman–Crippen MR) is 144 cm³/mol. The molecule has 0 saturated carbocycles. The molecule has 9 heteroatoms. The number of ether oxygens (including phenoxy) is 1. The zero-order valence-electron chi connectivity index (χ0n) is 21.3. The molecular formula is C27H39N3O5S. The molecule has 2 aromatic carbocycles. The van der Waals surface area contributed by atoms with Crippen LogP contribution in [0.4, 0.5) is 10.7 Å². The monoisotopic (exact) mass is 517 g/mol. The Hall–Kier alpha value is -2.91. The molecule has 0 bridgehead atoms. The van der Waals surface area contributed by atoms with Crippen molar-refractivity contribution in [3.05, 3.63) is 54.1 Å². The maximum absolute atomic E-state index is 11.3. The van der Waals surface area contributed by atoms with Crippen molar-refractivity contribution in [2.45, 2.75) is 82.4 Å². The van der Waals surface area contributed by atoms with Gasteiger partial charge in [0.05, 0.1) is 23.0 Å². The van der Waals surface area contributed by atoms with Crippen molar-refractivity contribution < 1.29 is 22.5 Å². The van der Waals surface area contributed by atoms with Crippen LogP contribution in [0.5, 0.6) is 0 Å². The Balaban J connectivity index is 0.000000278. The number of methoxy groups -OCH3 is 1. The molecule has 0 saturated heterocycles. The lowest BCUT2D eigenvalue weighted by Crippen LogP contribution is -2.11. The number of hydrogen-bond acceptors (Lipinski definition) is 5. The summed E-state index contributed by atoms with van der Waals surface area (Å²) < 4.78 is 36.2. The average molecular weight is 518 g/mol. The fraction of sp³-hybridized carbons (Fsp3) is 0.481. The van der Waals surface area contributed by atoms with Gasteiger partial charge < -0.3 is 9.72 Å². The lowest BCUT2D eigenvalue weighted by Gasteiger charge is -2.07. The van der Waals surface area contributed by atoms with E-state index in [4.69, 9.17) is 0 Å². The minimum Gasteiger partial charge on any atom is -0.453 e. The highest BCUT2D eigenvalue weighted by molar-refractivity contribution is 7.85. The zero-order chi connectivity index (χ0) is 26.2. The van der Waals surface area contributed by atoms with Crippen molar-refractivity contribution >= 4 is 33.2 Å². The first-order valence-corrected chi connectivity index (χ1v) is 14.1. The maximum Gasteiger partial charge on any atom is 0.413 e. The minimum absolute atomic E-state index is 0.0610. The number of hydrogen-bond donors (Lipinski definition) is 3. The number of aryl methyl sites for hydroxylation is 1. The molecule has 1 amide bonds. The van der Waals surface area contributed by atoms with Crippen LogP contribution in [0.2, 0.25) is 0 Å². The summed E-state index contributed by atoms with van der Waals surface area (Å²) in [5.74, 6) is 0.387. The summed E-state index contributed by atoms with van der Waals surface area (Å²) in [4.78, 5) is 18.0. The van der Waals surface area contributed by atoms with Crippen LogP contribution in [0.1, 0.15) is 76.7 Å². The first-order chi connectivity index (χ1) is 17.3. The Morgan fingerprint density at radius 3 is 2.11 bits per heavy atom. The van der Waals surface area contributed by atoms with Gasteiger partial charge in [0.1, 0.15) is 0 Å². The number of carbonyl (C=O) groups is 1. The standard InChI is InChI=1S/C18H30O3S.C9H9N3O2/c1-2-3-4-5-6-7-8-9-10-11-14-17-15-12-13-16-18(17)22(19,20)21;1-14-9(13)12-8-10-6-4-2-3-5-7(6)11-8/h12-13,15-16H,2-11,14H2,1H3,(H,19,20,21);2-5H,1H3,(H2,10,11,12,13). The number of aromatic nitrogens is 2. The molecule has 0 unspecified atom stereocenters. The van der Waals surface area contributed by atoms with E-state index in [1.807, 2.05) is 30.3 Å². The molecule has 8 nitrogen and oxygen atoms in total. The van der Waals surface area contributed by atoms with Crippen molar-refractivity contribution in [2.24, 2.45) is 0 Å². The van der Waals surface area contributed by atoms with E-state index in [-0.39, 0.29) is 4.90 Å². The van der Waals surface area contributed by atoms with E-state index in [2.05, 4.69) is 26.9 Å². The summed E-state index contributed by atoms with van der Waals surface area (Å²) in [6.07, 6.45) is 12.8. The Kier molecular flexibility index (Phi) is 13.0. The Bertz CT molecular complexity index is 1130. The van der Waals surface area contributed by atoms with E-state index in [9.17, 15) is 17.8 Å². The smallest absolute Gasteiger partial charge is 0.413 e. The van der Waals surface area contributed by atoms with Gasteiger partial charge in [0.25, 0.3) is 10.1 Å². The first kappa shape index (κ1) is 29.3. The summed E-state index contributed by atoms with van der Waals surface area (Å²) >= 11 is 0. The largest absolute Gasteiger partial charge is 0.453 e. The molecule has 0 radical (unpaired) electrons. The van der Waals surface area contributed by atoms with Crippen molar-refractivity contribution in [2.75, 3.05) is 12.4 Å².